The molecule has 0 aliphatic heterocycles. The topological polar surface area (TPSA) is 95.9 Å². The Morgan fingerprint density at radius 1 is 0.310 bits per heavy atom. The van der Waals surface area contributed by atoms with Crippen molar-refractivity contribution in [2.24, 2.45) is 0 Å². The second-order valence-corrected chi connectivity index (χ2v) is 28.1. The zero-order chi connectivity index (χ0) is 62.8. The van der Waals surface area contributed by atoms with Gasteiger partial charge in [0.25, 0.3) is 0 Å². The molecule has 0 rings (SSSR count). The van der Waals surface area contributed by atoms with Gasteiger partial charge in [0.2, 0.25) is 5.91 Å². The lowest BCUT2D eigenvalue weighted by Crippen LogP contribution is -2.45. The van der Waals surface area contributed by atoms with Gasteiger partial charge in [-0.05, 0) is 51.4 Å². The van der Waals surface area contributed by atoms with Crippen molar-refractivity contribution < 1.29 is 24.5 Å². The third kappa shape index (κ3) is 73.5. The number of aliphatic hydroxyl groups excluding tert-OH is 2. The number of hydrogen-bond acceptors (Lipinski definition) is 5. The molecule has 0 aromatic rings. The van der Waals surface area contributed by atoms with E-state index in [0.717, 1.165) is 38.5 Å². The molecule has 0 saturated carbocycles. The van der Waals surface area contributed by atoms with Crippen LogP contribution in [0.2, 0.25) is 0 Å². The fourth-order valence-corrected chi connectivity index (χ4v) is 13.2. The van der Waals surface area contributed by atoms with Gasteiger partial charge in [-0.25, -0.2) is 0 Å². The Kier molecular flexibility index (Phi) is 75.8. The molecule has 0 spiro atoms. The van der Waals surface area contributed by atoms with Crippen molar-refractivity contribution in [1.82, 2.24) is 5.32 Å². The Hall–Kier alpha value is -1.40. The minimum absolute atomic E-state index is 0.0244. The van der Waals surface area contributed by atoms with Crippen molar-refractivity contribution in [1.29, 1.82) is 0 Å². The van der Waals surface area contributed by atoms with Crippen LogP contribution in [0.1, 0.15) is 470 Å². The Bertz CT molecular complexity index is 1320. The first kappa shape index (κ1) is 85.6. The highest BCUT2D eigenvalue weighted by molar-refractivity contribution is 5.76. The van der Waals surface area contributed by atoms with Crippen LogP contribution in [-0.4, -0.2) is 47.4 Å². The van der Waals surface area contributed by atoms with Crippen molar-refractivity contribution >= 4 is 11.9 Å². The van der Waals surface area contributed by atoms with Gasteiger partial charge in [-0.15, -0.1) is 0 Å². The maximum absolute atomic E-state index is 12.6. The van der Waals surface area contributed by atoms with E-state index >= 15 is 0 Å². The highest BCUT2D eigenvalue weighted by Gasteiger charge is 2.20. The molecule has 6 heteroatoms. The van der Waals surface area contributed by atoms with Gasteiger partial charge >= 0.3 is 5.97 Å². The van der Waals surface area contributed by atoms with Crippen LogP contribution >= 0.6 is 0 Å². The number of allylic oxidation sites excluding steroid dienone is 2. The second-order valence-electron chi connectivity index (χ2n) is 28.1. The summed E-state index contributed by atoms with van der Waals surface area (Å²) >= 11 is 0. The van der Waals surface area contributed by atoms with Gasteiger partial charge in [-0.1, -0.05) is 418 Å². The van der Waals surface area contributed by atoms with Crippen LogP contribution in [0.15, 0.2) is 12.2 Å². The van der Waals surface area contributed by atoms with Gasteiger partial charge in [-0.2, -0.15) is 0 Å². The maximum atomic E-state index is 12.6. The highest BCUT2D eigenvalue weighted by atomic mass is 16.5. The zero-order valence-electron chi connectivity index (χ0n) is 59.5. The second kappa shape index (κ2) is 77.1. The van der Waals surface area contributed by atoms with Gasteiger partial charge < -0.3 is 20.3 Å². The molecule has 2 unspecified atom stereocenters. The molecule has 87 heavy (non-hydrogen) atoms. The van der Waals surface area contributed by atoms with E-state index in [0.29, 0.717) is 25.9 Å². The Morgan fingerprint density at radius 3 is 0.816 bits per heavy atom. The first-order valence-corrected chi connectivity index (χ1v) is 40.4. The first-order valence-electron chi connectivity index (χ1n) is 40.4. The number of amides is 1. The normalized spacial score (nSPS) is 12.5. The number of rotatable bonds is 77. The third-order valence-electron chi connectivity index (χ3n) is 19.3. The molecular formula is C81H159NO5. The summed E-state index contributed by atoms with van der Waals surface area (Å²) < 4.78 is 5.52. The lowest BCUT2D eigenvalue weighted by molar-refractivity contribution is -0.143. The summed E-state index contributed by atoms with van der Waals surface area (Å²) in [6.07, 6.45) is 97.4. The van der Waals surface area contributed by atoms with Gasteiger partial charge in [0, 0.05) is 12.8 Å². The monoisotopic (exact) mass is 1230 g/mol. The van der Waals surface area contributed by atoms with Gasteiger partial charge in [0.1, 0.15) is 0 Å². The van der Waals surface area contributed by atoms with Crippen molar-refractivity contribution in [2.75, 3.05) is 13.2 Å². The molecule has 2 atom stereocenters. The molecule has 0 radical (unpaired) electrons. The fourth-order valence-electron chi connectivity index (χ4n) is 13.2. The van der Waals surface area contributed by atoms with Crippen LogP contribution < -0.4 is 5.32 Å². The lowest BCUT2D eigenvalue weighted by atomic mass is 10.0. The van der Waals surface area contributed by atoms with E-state index in [1.54, 1.807) is 0 Å². The van der Waals surface area contributed by atoms with E-state index in [1.165, 1.54) is 398 Å². The predicted molar refractivity (Wildman–Crippen MR) is 384 cm³/mol. The number of hydrogen-bond donors (Lipinski definition) is 3. The standard InChI is InChI=1S/C81H159NO5/c1-3-5-7-9-11-13-15-17-19-21-37-41-45-49-53-57-61-65-69-73-79(84)78(77-83)82-80(85)74-70-66-62-58-54-50-46-42-39-35-33-31-29-27-25-23-24-26-28-30-32-34-36-40-44-48-52-56-60-64-68-72-76-87-81(86)75-71-67-63-59-55-51-47-43-38-22-20-18-16-14-12-10-8-6-4-2/h26,28,78-79,83-84H,3-25,27,29-77H2,1-2H3,(H,82,85)/b28-26-. The van der Waals surface area contributed by atoms with E-state index in [4.69, 9.17) is 4.74 Å². The molecule has 1 amide bonds. The van der Waals surface area contributed by atoms with E-state index in [-0.39, 0.29) is 18.5 Å². The number of unbranched alkanes of at least 4 members (excludes halogenated alkanes) is 64. The smallest absolute Gasteiger partial charge is 0.305 e. The Morgan fingerprint density at radius 2 is 0.540 bits per heavy atom. The quantitative estimate of drug-likeness (QED) is 0.0320. The summed E-state index contributed by atoms with van der Waals surface area (Å²) in [6.45, 7) is 5.02. The SMILES string of the molecule is CCCCCCCCCCCCCCCCCCCCCC(=O)OCCCCCCCCCCCCCC/C=C\CCCCCCCCCCCCCCCCCCC(=O)NC(CO)C(O)CCCCCCCCCCCCCCCCCCCCC. The van der Waals surface area contributed by atoms with Crippen LogP contribution in [0.25, 0.3) is 0 Å². The average molecular weight is 1230 g/mol. The molecule has 0 saturated heterocycles. The van der Waals surface area contributed by atoms with Crippen LogP contribution in [0, 0.1) is 0 Å². The van der Waals surface area contributed by atoms with Gasteiger partial charge in [0.15, 0.2) is 0 Å². The minimum atomic E-state index is -0.663. The summed E-state index contributed by atoms with van der Waals surface area (Å²) in [6, 6.07) is -0.540. The van der Waals surface area contributed by atoms with Gasteiger partial charge in [0.05, 0.1) is 25.4 Å². The number of nitrogens with one attached hydrogen (secondary N) is 1. The number of aliphatic hydroxyl groups is 2. The summed E-state index contributed by atoms with van der Waals surface area (Å²) in [4.78, 5) is 24.7. The number of ether oxygens (including phenoxy) is 1. The lowest BCUT2D eigenvalue weighted by Gasteiger charge is -2.22. The van der Waals surface area contributed by atoms with Crippen molar-refractivity contribution in [3.63, 3.8) is 0 Å². The molecule has 6 nitrogen and oxygen atoms in total. The highest BCUT2D eigenvalue weighted by Crippen LogP contribution is 2.20. The number of carbonyl (C=O) groups is 2. The van der Waals surface area contributed by atoms with Gasteiger partial charge in [-0.3, -0.25) is 9.59 Å². The molecule has 0 aromatic carbocycles. The zero-order valence-corrected chi connectivity index (χ0v) is 59.5. The largest absolute Gasteiger partial charge is 0.466 e. The molecule has 0 bridgehead atoms. The molecule has 0 fully saturated rings. The Labute approximate surface area is 546 Å². The average Bonchev–Trinajstić information content (AvgIpc) is 3.54. The van der Waals surface area contributed by atoms with Crippen LogP contribution in [0.4, 0.5) is 0 Å². The van der Waals surface area contributed by atoms with E-state index in [2.05, 4.69) is 31.3 Å². The number of esters is 1. The van der Waals surface area contributed by atoms with Crippen LogP contribution in [0.5, 0.6) is 0 Å². The predicted octanol–water partition coefficient (Wildman–Crippen LogP) is 26.7. The Balaban J connectivity index is 3.33. The summed E-state index contributed by atoms with van der Waals surface area (Å²) in [5.41, 5.74) is 0. The van der Waals surface area contributed by atoms with E-state index < -0.39 is 12.1 Å². The molecule has 0 aliphatic rings. The van der Waals surface area contributed by atoms with E-state index in [1.807, 2.05) is 0 Å². The van der Waals surface area contributed by atoms with E-state index in [9.17, 15) is 19.8 Å². The van der Waals surface area contributed by atoms with Crippen LogP contribution in [0.3, 0.4) is 0 Å². The van der Waals surface area contributed by atoms with Crippen molar-refractivity contribution in [3.8, 4) is 0 Å². The molecule has 0 heterocycles. The van der Waals surface area contributed by atoms with Crippen molar-refractivity contribution in [2.45, 2.75) is 482 Å². The first-order chi connectivity index (χ1) is 43.0. The third-order valence-corrected chi connectivity index (χ3v) is 19.3. The maximum Gasteiger partial charge on any atom is 0.305 e. The summed E-state index contributed by atoms with van der Waals surface area (Å²) in [7, 11) is 0. The summed E-state index contributed by atoms with van der Waals surface area (Å²) in [5, 5.41) is 23.4. The molecule has 0 aromatic heterocycles. The summed E-state index contributed by atoms with van der Waals surface area (Å²) in [5.74, 6) is -0.00267. The van der Waals surface area contributed by atoms with Crippen molar-refractivity contribution in [3.05, 3.63) is 12.2 Å². The molecular weight excluding hydrogens is 1070 g/mol. The van der Waals surface area contributed by atoms with Crippen LogP contribution in [-0.2, 0) is 14.3 Å². The molecule has 0 aliphatic carbocycles. The number of carbonyl (C=O) groups excluding carboxylic acids is 2. The fraction of sp³-hybridized carbons (Fsp3) is 0.951. The minimum Gasteiger partial charge on any atom is -0.466 e. The molecule has 3 N–H and O–H groups in total. The molecule has 518 valence electrons.